The van der Waals surface area contributed by atoms with Gasteiger partial charge in [0.15, 0.2) is 0 Å². The maximum Gasteiger partial charge on any atom is 0.0762 e. The van der Waals surface area contributed by atoms with Crippen molar-refractivity contribution in [2.24, 2.45) is 0 Å². The average molecular weight is 265 g/mol. The SMILES string of the molecule is CCC(CCO)NCc1ccn(C2CCCCC2)n1. The van der Waals surface area contributed by atoms with Gasteiger partial charge in [0.25, 0.3) is 0 Å². The van der Waals surface area contributed by atoms with Gasteiger partial charge in [0.2, 0.25) is 0 Å². The molecule has 1 aromatic heterocycles. The van der Waals surface area contributed by atoms with E-state index < -0.39 is 0 Å². The molecule has 2 N–H and O–H groups in total. The lowest BCUT2D eigenvalue weighted by Gasteiger charge is -2.21. The third-order valence-corrected chi connectivity index (χ3v) is 4.15. The van der Waals surface area contributed by atoms with Crippen molar-refractivity contribution in [2.45, 2.75) is 70.5 Å². The quantitative estimate of drug-likeness (QED) is 0.797. The van der Waals surface area contributed by atoms with Crippen LogP contribution in [0.25, 0.3) is 0 Å². The summed E-state index contributed by atoms with van der Waals surface area (Å²) in [5, 5.41) is 17.1. The standard InChI is InChI=1S/C15H27N3O/c1-2-13(9-11-19)16-12-14-8-10-18(17-14)15-6-4-3-5-7-15/h8,10,13,15-16,19H,2-7,9,11-12H2,1H3. The van der Waals surface area contributed by atoms with E-state index in [9.17, 15) is 0 Å². The molecule has 19 heavy (non-hydrogen) atoms. The number of hydrogen-bond acceptors (Lipinski definition) is 3. The van der Waals surface area contributed by atoms with E-state index >= 15 is 0 Å². The van der Waals surface area contributed by atoms with Gasteiger partial charge in [0.1, 0.15) is 0 Å². The Hall–Kier alpha value is -0.870. The lowest BCUT2D eigenvalue weighted by Crippen LogP contribution is -2.29. The molecule has 1 aliphatic carbocycles. The van der Waals surface area contributed by atoms with E-state index in [-0.39, 0.29) is 6.61 Å². The van der Waals surface area contributed by atoms with Crippen LogP contribution in [0.15, 0.2) is 12.3 Å². The van der Waals surface area contributed by atoms with E-state index in [1.165, 1.54) is 32.1 Å². The summed E-state index contributed by atoms with van der Waals surface area (Å²) in [6, 6.07) is 3.12. The topological polar surface area (TPSA) is 50.1 Å². The molecule has 0 radical (unpaired) electrons. The molecule has 1 atom stereocenters. The molecule has 0 aliphatic heterocycles. The highest BCUT2D eigenvalue weighted by molar-refractivity contribution is 5.00. The number of aliphatic hydroxyl groups excluding tert-OH is 1. The van der Waals surface area contributed by atoms with Crippen LogP contribution in [0.2, 0.25) is 0 Å². The molecule has 108 valence electrons. The first-order valence-electron chi connectivity index (χ1n) is 7.71. The molecule has 1 aromatic rings. The lowest BCUT2D eigenvalue weighted by molar-refractivity contribution is 0.261. The van der Waals surface area contributed by atoms with Crippen molar-refractivity contribution in [3.05, 3.63) is 18.0 Å². The molecule has 0 spiro atoms. The highest BCUT2D eigenvalue weighted by Gasteiger charge is 2.16. The summed E-state index contributed by atoms with van der Waals surface area (Å²) in [4.78, 5) is 0. The molecule has 0 aromatic carbocycles. The van der Waals surface area contributed by atoms with Crippen LogP contribution in [-0.2, 0) is 6.54 Å². The monoisotopic (exact) mass is 265 g/mol. The largest absolute Gasteiger partial charge is 0.396 e. The summed E-state index contributed by atoms with van der Waals surface area (Å²) in [6.45, 7) is 3.20. The zero-order valence-corrected chi connectivity index (χ0v) is 12.0. The van der Waals surface area contributed by atoms with Crippen LogP contribution < -0.4 is 5.32 Å². The first-order chi connectivity index (χ1) is 9.33. The molecule has 0 bridgehead atoms. The van der Waals surface area contributed by atoms with Gasteiger partial charge in [-0.05, 0) is 31.7 Å². The molecule has 4 heteroatoms. The van der Waals surface area contributed by atoms with Crippen LogP contribution in [0.3, 0.4) is 0 Å². The minimum absolute atomic E-state index is 0.252. The van der Waals surface area contributed by atoms with Crippen molar-refractivity contribution in [3.8, 4) is 0 Å². The summed E-state index contributed by atoms with van der Waals surface area (Å²) in [6.07, 6.45) is 10.6. The molecule has 1 aliphatic rings. The van der Waals surface area contributed by atoms with E-state index in [0.717, 1.165) is 25.1 Å². The van der Waals surface area contributed by atoms with Crippen LogP contribution in [0, 0.1) is 0 Å². The molecule has 1 saturated carbocycles. The second kappa shape index (κ2) is 7.65. The molecular weight excluding hydrogens is 238 g/mol. The van der Waals surface area contributed by atoms with Gasteiger partial charge in [0, 0.05) is 25.4 Å². The summed E-state index contributed by atoms with van der Waals surface area (Å²) in [7, 11) is 0. The predicted molar refractivity (Wildman–Crippen MR) is 77.0 cm³/mol. The Bertz CT molecular complexity index is 358. The molecule has 1 heterocycles. The second-order valence-corrected chi connectivity index (χ2v) is 5.58. The van der Waals surface area contributed by atoms with Gasteiger partial charge >= 0.3 is 0 Å². The number of aliphatic hydroxyl groups is 1. The van der Waals surface area contributed by atoms with Gasteiger partial charge in [-0.1, -0.05) is 26.2 Å². The molecule has 2 rings (SSSR count). The highest BCUT2D eigenvalue weighted by Crippen LogP contribution is 2.27. The third-order valence-electron chi connectivity index (χ3n) is 4.15. The van der Waals surface area contributed by atoms with E-state index in [2.05, 4.69) is 29.2 Å². The summed E-state index contributed by atoms with van der Waals surface area (Å²) < 4.78 is 2.16. The van der Waals surface area contributed by atoms with Crippen molar-refractivity contribution in [3.63, 3.8) is 0 Å². The maximum absolute atomic E-state index is 8.98. The zero-order valence-electron chi connectivity index (χ0n) is 12.0. The molecular formula is C15H27N3O. The molecule has 1 unspecified atom stereocenters. The van der Waals surface area contributed by atoms with E-state index in [1.54, 1.807) is 0 Å². The first-order valence-corrected chi connectivity index (χ1v) is 7.71. The number of aromatic nitrogens is 2. The predicted octanol–water partition coefficient (Wildman–Crippen LogP) is 2.64. The van der Waals surface area contributed by atoms with E-state index in [1.807, 2.05) is 0 Å². The van der Waals surface area contributed by atoms with Gasteiger partial charge in [0.05, 0.1) is 11.7 Å². The van der Waals surface area contributed by atoms with Crippen molar-refractivity contribution < 1.29 is 5.11 Å². The van der Waals surface area contributed by atoms with E-state index in [0.29, 0.717) is 12.1 Å². The van der Waals surface area contributed by atoms with Gasteiger partial charge in [-0.3, -0.25) is 4.68 Å². The smallest absolute Gasteiger partial charge is 0.0762 e. The first kappa shape index (κ1) is 14.5. The Kier molecular flexibility index (Phi) is 5.86. The fourth-order valence-corrected chi connectivity index (χ4v) is 2.88. The van der Waals surface area contributed by atoms with Crippen molar-refractivity contribution >= 4 is 0 Å². The van der Waals surface area contributed by atoms with Crippen LogP contribution in [0.5, 0.6) is 0 Å². The van der Waals surface area contributed by atoms with Gasteiger partial charge in [-0.15, -0.1) is 0 Å². The Labute approximate surface area is 116 Å². The minimum atomic E-state index is 0.252. The van der Waals surface area contributed by atoms with E-state index in [4.69, 9.17) is 10.2 Å². The average Bonchev–Trinajstić information content (AvgIpc) is 2.93. The number of nitrogens with zero attached hydrogens (tertiary/aromatic N) is 2. The van der Waals surface area contributed by atoms with Crippen molar-refractivity contribution in [1.82, 2.24) is 15.1 Å². The van der Waals surface area contributed by atoms with Crippen LogP contribution >= 0.6 is 0 Å². The molecule has 4 nitrogen and oxygen atoms in total. The van der Waals surface area contributed by atoms with Crippen molar-refractivity contribution in [1.29, 1.82) is 0 Å². The molecule has 0 amide bonds. The Morgan fingerprint density at radius 3 is 2.89 bits per heavy atom. The van der Waals surface area contributed by atoms with Gasteiger partial charge in [-0.25, -0.2) is 0 Å². The second-order valence-electron chi connectivity index (χ2n) is 5.58. The lowest BCUT2D eigenvalue weighted by atomic mass is 9.96. The summed E-state index contributed by atoms with van der Waals surface area (Å²) in [5.41, 5.74) is 1.11. The Morgan fingerprint density at radius 1 is 1.42 bits per heavy atom. The fourth-order valence-electron chi connectivity index (χ4n) is 2.88. The number of hydrogen-bond donors (Lipinski definition) is 2. The van der Waals surface area contributed by atoms with Crippen molar-refractivity contribution in [2.75, 3.05) is 6.61 Å². The Balaban J connectivity index is 1.82. The summed E-state index contributed by atoms with van der Waals surface area (Å²) in [5.74, 6) is 0. The zero-order chi connectivity index (χ0) is 13.5. The fraction of sp³-hybridized carbons (Fsp3) is 0.800. The summed E-state index contributed by atoms with van der Waals surface area (Å²) >= 11 is 0. The third kappa shape index (κ3) is 4.32. The maximum atomic E-state index is 8.98. The normalized spacial score (nSPS) is 18.6. The van der Waals surface area contributed by atoms with Gasteiger partial charge in [-0.2, -0.15) is 5.10 Å². The Morgan fingerprint density at radius 2 is 2.21 bits per heavy atom. The number of rotatable bonds is 7. The minimum Gasteiger partial charge on any atom is -0.396 e. The van der Waals surface area contributed by atoms with Gasteiger partial charge < -0.3 is 10.4 Å². The van der Waals surface area contributed by atoms with Crippen LogP contribution in [0.4, 0.5) is 0 Å². The van der Waals surface area contributed by atoms with Crippen LogP contribution in [0.1, 0.15) is 63.6 Å². The molecule has 0 saturated heterocycles. The number of nitrogens with one attached hydrogen (secondary N) is 1. The molecule has 1 fully saturated rings. The highest BCUT2D eigenvalue weighted by atomic mass is 16.3. The van der Waals surface area contributed by atoms with Crippen LogP contribution in [-0.4, -0.2) is 27.5 Å².